The monoisotopic (exact) mass is 346 g/mol. The van der Waals surface area contributed by atoms with Gasteiger partial charge in [0.1, 0.15) is 0 Å². The fourth-order valence-corrected chi connectivity index (χ4v) is 3.35. The van der Waals surface area contributed by atoms with Crippen molar-refractivity contribution in [2.45, 2.75) is 54.8 Å². The van der Waals surface area contributed by atoms with Crippen molar-refractivity contribution in [2.75, 3.05) is 0 Å². The van der Waals surface area contributed by atoms with Gasteiger partial charge in [-0.2, -0.15) is 8.78 Å². The minimum Gasteiger partial charge on any atom is -0.353 e. The van der Waals surface area contributed by atoms with Crippen LogP contribution in [0.4, 0.5) is 8.78 Å². The number of nitrogens with two attached hydrogens (primary N) is 1. The van der Waals surface area contributed by atoms with Gasteiger partial charge >= 0.3 is 5.76 Å². The smallest absolute Gasteiger partial charge is 0.341 e. The molecular formula is C15H20F2N2O3S. The average molecular weight is 346 g/mol. The van der Waals surface area contributed by atoms with Crippen LogP contribution in [-0.2, 0) is 21.1 Å². The van der Waals surface area contributed by atoms with Crippen LogP contribution < -0.4 is 11.1 Å². The molecule has 2 rings (SSSR count). The summed E-state index contributed by atoms with van der Waals surface area (Å²) in [4.78, 5) is 11.5. The minimum atomic E-state index is -4.60. The van der Waals surface area contributed by atoms with Gasteiger partial charge in [0.25, 0.3) is 0 Å². The van der Waals surface area contributed by atoms with Crippen LogP contribution in [0.3, 0.4) is 0 Å². The van der Waals surface area contributed by atoms with E-state index < -0.39 is 20.5 Å². The molecular weight excluding hydrogens is 326 g/mol. The van der Waals surface area contributed by atoms with Crippen molar-refractivity contribution >= 4 is 15.7 Å². The molecule has 0 bridgehead atoms. The summed E-state index contributed by atoms with van der Waals surface area (Å²) in [6.45, 7) is 0. The van der Waals surface area contributed by atoms with Gasteiger partial charge in [-0.15, -0.1) is 0 Å². The van der Waals surface area contributed by atoms with Gasteiger partial charge in [0.15, 0.2) is 0 Å². The fourth-order valence-electron chi connectivity index (χ4n) is 2.63. The summed E-state index contributed by atoms with van der Waals surface area (Å²) in [7, 11) is -4.60. The zero-order valence-electron chi connectivity index (χ0n) is 12.5. The van der Waals surface area contributed by atoms with Gasteiger partial charge in [0.05, 0.1) is 11.3 Å². The number of carbonyl (C=O) groups excluding carboxylic acids is 1. The van der Waals surface area contributed by atoms with Crippen LogP contribution in [0.15, 0.2) is 29.2 Å². The Morgan fingerprint density at radius 2 is 1.74 bits per heavy atom. The molecule has 0 radical (unpaired) electrons. The highest BCUT2D eigenvalue weighted by atomic mass is 32.2. The van der Waals surface area contributed by atoms with E-state index in [4.69, 9.17) is 5.73 Å². The van der Waals surface area contributed by atoms with Gasteiger partial charge in [-0.1, -0.05) is 12.1 Å². The van der Waals surface area contributed by atoms with E-state index in [2.05, 4.69) is 5.32 Å². The van der Waals surface area contributed by atoms with E-state index >= 15 is 0 Å². The molecule has 1 amide bonds. The number of nitrogens with one attached hydrogen (secondary N) is 1. The molecule has 0 spiro atoms. The lowest BCUT2D eigenvalue weighted by molar-refractivity contribution is -0.121. The molecule has 8 heteroatoms. The number of rotatable bonds is 5. The maximum Gasteiger partial charge on any atom is 0.341 e. The molecule has 0 unspecified atom stereocenters. The first-order valence-corrected chi connectivity index (χ1v) is 8.99. The Morgan fingerprint density at radius 3 is 2.26 bits per heavy atom. The highest BCUT2D eigenvalue weighted by Crippen LogP contribution is 2.19. The Kier molecular flexibility index (Phi) is 5.69. The van der Waals surface area contributed by atoms with Crippen LogP contribution in [0.1, 0.15) is 31.2 Å². The largest absolute Gasteiger partial charge is 0.353 e. The Balaban J connectivity index is 1.92. The van der Waals surface area contributed by atoms with Gasteiger partial charge in [-0.05, 0) is 43.4 Å². The lowest BCUT2D eigenvalue weighted by Gasteiger charge is -2.26. The summed E-state index contributed by atoms with van der Waals surface area (Å²) in [6, 6.07) is 5.28. The van der Waals surface area contributed by atoms with Gasteiger partial charge in [0, 0.05) is 12.1 Å². The number of alkyl halides is 2. The molecule has 1 aliphatic carbocycles. The molecule has 128 valence electrons. The molecule has 0 atom stereocenters. The quantitative estimate of drug-likeness (QED) is 0.848. The third-order valence-electron chi connectivity index (χ3n) is 3.99. The summed E-state index contributed by atoms with van der Waals surface area (Å²) in [5.74, 6) is -3.62. The second-order valence-corrected chi connectivity index (χ2v) is 7.72. The SMILES string of the molecule is NC1CCC(NC(=O)Cc2ccc(S(=O)(=O)C(F)F)cc2)CC1. The van der Waals surface area contributed by atoms with Crippen LogP contribution in [0.25, 0.3) is 0 Å². The number of carbonyl (C=O) groups is 1. The summed E-state index contributed by atoms with van der Waals surface area (Å²) in [6.07, 6.45) is 3.53. The first-order chi connectivity index (χ1) is 10.8. The van der Waals surface area contributed by atoms with Crippen molar-refractivity contribution in [1.29, 1.82) is 0 Å². The van der Waals surface area contributed by atoms with Crippen molar-refractivity contribution in [2.24, 2.45) is 5.73 Å². The second kappa shape index (κ2) is 7.35. The summed E-state index contributed by atoms with van der Waals surface area (Å²) in [5.41, 5.74) is 6.38. The van der Waals surface area contributed by atoms with Crippen molar-refractivity contribution in [3.05, 3.63) is 29.8 Å². The Bertz CT molecular complexity index is 639. The number of halogens is 2. The molecule has 23 heavy (non-hydrogen) atoms. The number of hydrogen-bond acceptors (Lipinski definition) is 4. The van der Waals surface area contributed by atoms with Crippen LogP contribution in [-0.4, -0.2) is 32.2 Å². The second-order valence-electron chi connectivity index (χ2n) is 5.81. The van der Waals surface area contributed by atoms with E-state index in [1.807, 2.05) is 0 Å². The van der Waals surface area contributed by atoms with Crippen LogP contribution >= 0.6 is 0 Å². The predicted molar refractivity (Wildman–Crippen MR) is 81.7 cm³/mol. The van der Waals surface area contributed by atoms with Crippen molar-refractivity contribution < 1.29 is 22.0 Å². The first kappa shape index (κ1) is 17.8. The van der Waals surface area contributed by atoms with Crippen LogP contribution in [0.2, 0.25) is 0 Å². The Labute approximate surface area is 134 Å². The van der Waals surface area contributed by atoms with Gasteiger partial charge < -0.3 is 11.1 Å². The van der Waals surface area contributed by atoms with Crippen molar-refractivity contribution in [3.8, 4) is 0 Å². The summed E-state index contributed by atoms with van der Waals surface area (Å²) < 4.78 is 47.5. The molecule has 0 saturated heterocycles. The van der Waals surface area contributed by atoms with Gasteiger partial charge in [-0.3, -0.25) is 4.79 Å². The molecule has 0 heterocycles. The zero-order chi connectivity index (χ0) is 17.0. The van der Waals surface area contributed by atoms with E-state index in [9.17, 15) is 22.0 Å². The zero-order valence-corrected chi connectivity index (χ0v) is 13.4. The third-order valence-corrected chi connectivity index (χ3v) is 5.39. The standard InChI is InChI=1S/C15H20F2N2O3S/c16-15(17)23(21,22)13-7-1-10(2-8-13)9-14(20)19-12-5-3-11(18)4-6-12/h1-2,7-8,11-12,15H,3-6,9,18H2,(H,19,20). The van der Waals surface area contributed by atoms with Crippen molar-refractivity contribution in [3.63, 3.8) is 0 Å². The van der Waals surface area contributed by atoms with E-state index in [1.165, 1.54) is 12.1 Å². The predicted octanol–water partition coefficient (Wildman–Crippen LogP) is 1.61. The molecule has 0 aliphatic heterocycles. The number of benzene rings is 1. The fraction of sp³-hybridized carbons (Fsp3) is 0.533. The highest BCUT2D eigenvalue weighted by molar-refractivity contribution is 7.91. The number of amides is 1. The molecule has 0 aromatic heterocycles. The third kappa shape index (κ3) is 4.71. The molecule has 1 saturated carbocycles. The van der Waals surface area contributed by atoms with Gasteiger partial charge in [0.2, 0.25) is 15.7 Å². The van der Waals surface area contributed by atoms with Crippen molar-refractivity contribution in [1.82, 2.24) is 5.32 Å². The van der Waals surface area contributed by atoms with E-state index in [-0.39, 0.29) is 24.4 Å². The number of hydrogen-bond donors (Lipinski definition) is 2. The minimum absolute atomic E-state index is 0.0809. The lowest BCUT2D eigenvalue weighted by atomic mass is 9.91. The van der Waals surface area contributed by atoms with Gasteiger partial charge in [-0.25, -0.2) is 8.42 Å². The number of sulfone groups is 1. The molecule has 1 aromatic carbocycles. The maximum atomic E-state index is 12.4. The average Bonchev–Trinajstić information content (AvgIpc) is 2.50. The first-order valence-electron chi connectivity index (χ1n) is 7.45. The van der Waals surface area contributed by atoms with E-state index in [1.54, 1.807) is 0 Å². The Morgan fingerprint density at radius 1 is 1.17 bits per heavy atom. The molecule has 5 nitrogen and oxygen atoms in total. The molecule has 3 N–H and O–H groups in total. The highest BCUT2D eigenvalue weighted by Gasteiger charge is 2.26. The molecule has 1 aliphatic rings. The lowest BCUT2D eigenvalue weighted by Crippen LogP contribution is -2.41. The summed E-state index contributed by atoms with van der Waals surface area (Å²) >= 11 is 0. The normalized spacial score (nSPS) is 22.1. The Hall–Kier alpha value is -1.54. The van der Waals surface area contributed by atoms with E-state index in [0.717, 1.165) is 37.8 Å². The van der Waals surface area contributed by atoms with Crippen LogP contribution in [0.5, 0.6) is 0 Å². The van der Waals surface area contributed by atoms with E-state index in [0.29, 0.717) is 5.56 Å². The summed E-state index contributed by atoms with van der Waals surface area (Å²) in [5, 5.41) is 2.92. The molecule has 1 fully saturated rings. The molecule has 1 aromatic rings. The maximum absolute atomic E-state index is 12.4. The topological polar surface area (TPSA) is 89.3 Å². The van der Waals surface area contributed by atoms with Crippen LogP contribution in [0, 0.1) is 0 Å².